The lowest BCUT2D eigenvalue weighted by molar-refractivity contribution is 0.393. The molecule has 0 aliphatic heterocycles. The molecule has 0 aliphatic carbocycles. The minimum Gasteiger partial charge on any atom is -0.363 e. The molecule has 3 heteroatoms. The number of anilines is 1. The standard InChI is InChI=1S/C19H35N3/c1-4-6-8-10-12-16-19(3,15-11-9-7-5-2)21-18-14-13-17-20-22-18/h13-14,17H,4-12,15-16H2,1-3H3,(H,21,22). The molecule has 0 fully saturated rings. The maximum Gasteiger partial charge on any atom is 0.149 e. The minimum atomic E-state index is 0.149. The highest BCUT2D eigenvalue weighted by molar-refractivity contribution is 5.35. The molecule has 0 amide bonds. The molecule has 1 aromatic rings. The van der Waals surface area contributed by atoms with Crippen LogP contribution in [-0.4, -0.2) is 15.7 Å². The Morgan fingerprint density at radius 3 is 2.05 bits per heavy atom. The molecule has 0 saturated heterocycles. The van der Waals surface area contributed by atoms with Crippen molar-refractivity contribution in [1.82, 2.24) is 10.2 Å². The van der Waals surface area contributed by atoms with Crippen LogP contribution in [-0.2, 0) is 0 Å². The molecule has 0 bridgehead atoms. The highest BCUT2D eigenvalue weighted by Crippen LogP contribution is 2.26. The zero-order valence-electron chi connectivity index (χ0n) is 14.9. The fraction of sp³-hybridized carbons (Fsp3) is 0.789. The number of aromatic nitrogens is 2. The third-order valence-electron chi connectivity index (χ3n) is 4.42. The lowest BCUT2D eigenvalue weighted by Gasteiger charge is -2.31. The summed E-state index contributed by atoms with van der Waals surface area (Å²) in [6.07, 6.45) is 16.1. The number of rotatable bonds is 13. The van der Waals surface area contributed by atoms with Crippen LogP contribution in [0.2, 0.25) is 0 Å². The van der Waals surface area contributed by atoms with Gasteiger partial charge in [0.05, 0.1) is 0 Å². The second-order valence-corrected chi connectivity index (χ2v) is 6.77. The lowest BCUT2D eigenvalue weighted by Crippen LogP contribution is -2.35. The van der Waals surface area contributed by atoms with E-state index in [2.05, 4.69) is 36.3 Å². The van der Waals surface area contributed by atoms with Crippen LogP contribution >= 0.6 is 0 Å². The molecule has 1 rings (SSSR count). The molecule has 0 radical (unpaired) electrons. The second kappa shape index (κ2) is 11.4. The number of hydrogen-bond acceptors (Lipinski definition) is 3. The first-order valence-corrected chi connectivity index (χ1v) is 9.26. The zero-order valence-corrected chi connectivity index (χ0v) is 14.9. The van der Waals surface area contributed by atoms with E-state index in [1.54, 1.807) is 6.20 Å². The Morgan fingerprint density at radius 2 is 1.50 bits per heavy atom. The van der Waals surface area contributed by atoms with E-state index in [4.69, 9.17) is 0 Å². The number of nitrogens with zero attached hydrogens (tertiary/aromatic N) is 2. The van der Waals surface area contributed by atoms with Crippen molar-refractivity contribution in [2.45, 2.75) is 96.9 Å². The van der Waals surface area contributed by atoms with E-state index in [1.807, 2.05) is 12.1 Å². The van der Waals surface area contributed by atoms with Gasteiger partial charge in [0.1, 0.15) is 5.82 Å². The van der Waals surface area contributed by atoms with Gasteiger partial charge in [-0.2, -0.15) is 5.10 Å². The Bertz CT molecular complexity index is 366. The van der Waals surface area contributed by atoms with E-state index in [0.29, 0.717) is 0 Å². The van der Waals surface area contributed by atoms with Crippen LogP contribution in [0.5, 0.6) is 0 Å². The number of hydrogen-bond donors (Lipinski definition) is 1. The maximum absolute atomic E-state index is 4.20. The highest BCUT2D eigenvalue weighted by Gasteiger charge is 2.23. The summed E-state index contributed by atoms with van der Waals surface area (Å²) in [6.45, 7) is 6.89. The molecule has 22 heavy (non-hydrogen) atoms. The van der Waals surface area contributed by atoms with E-state index in [0.717, 1.165) is 5.82 Å². The van der Waals surface area contributed by atoms with Crippen molar-refractivity contribution in [3.8, 4) is 0 Å². The molecule has 0 aromatic carbocycles. The summed E-state index contributed by atoms with van der Waals surface area (Å²) >= 11 is 0. The molecule has 0 aliphatic rings. The topological polar surface area (TPSA) is 37.8 Å². The molecule has 1 heterocycles. The largest absolute Gasteiger partial charge is 0.363 e. The molecule has 1 unspecified atom stereocenters. The van der Waals surface area contributed by atoms with Gasteiger partial charge in [-0.25, -0.2) is 0 Å². The number of nitrogens with one attached hydrogen (secondary N) is 1. The summed E-state index contributed by atoms with van der Waals surface area (Å²) in [4.78, 5) is 0. The van der Waals surface area contributed by atoms with E-state index in [1.165, 1.54) is 70.6 Å². The first-order chi connectivity index (χ1) is 10.7. The average Bonchev–Trinajstić information content (AvgIpc) is 2.52. The molecule has 0 saturated carbocycles. The Morgan fingerprint density at radius 1 is 0.909 bits per heavy atom. The van der Waals surface area contributed by atoms with Crippen LogP contribution in [0, 0.1) is 0 Å². The summed E-state index contributed by atoms with van der Waals surface area (Å²) in [5.74, 6) is 0.911. The fourth-order valence-electron chi connectivity index (χ4n) is 2.99. The Balaban J connectivity index is 2.47. The first kappa shape index (κ1) is 18.9. The van der Waals surface area contributed by atoms with Gasteiger partial charge in [-0.1, -0.05) is 71.6 Å². The van der Waals surface area contributed by atoms with Crippen LogP contribution in [0.1, 0.15) is 91.4 Å². The highest BCUT2D eigenvalue weighted by atomic mass is 15.2. The predicted molar refractivity (Wildman–Crippen MR) is 96.2 cm³/mol. The molecular weight excluding hydrogens is 270 g/mol. The molecule has 0 spiro atoms. The van der Waals surface area contributed by atoms with Crippen molar-refractivity contribution in [2.75, 3.05) is 5.32 Å². The van der Waals surface area contributed by atoms with Gasteiger partial charge in [0, 0.05) is 11.7 Å². The van der Waals surface area contributed by atoms with E-state index >= 15 is 0 Å². The van der Waals surface area contributed by atoms with E-state index in [-0.39, 0.29) is 5.54 Å². The Labute approximate surface area is 137 Å². The van der Waals surface area contributed by atoms with E-state index < -0.39 is 0 Å². The van der Waals surface area contributed by atoms with Gasteiger partial charge in [0.15, 0.2) is 0 Å². The van der Waals surface area contributed by atoms with E-state index in [9.17, 15) is 0 Å². The van der Waals surface area contributed by atoms with Crippen molar-refractivity contribution >= 4 is 5.82 Å². The second-order valence-electron chi connectivity index (χ2n) is 6.77. The van der Waals surface area contributed by atoms with Gasteiger partial charge in [-0.05, 0) is 31.9 Å². The smallest absolute Gasteiger partial charge is 0.149 e. The summed E-state index contributed by atoms with van der Waals surface area (Å²) in [5.41, 5.74) is 0.149. The van der Waals surface area contributed by atoms with Crippen LogP contribution in [0.4, 0.5) is 5.82 Å². The van der Waals surface area contributed by atoms with Crippen molar-refractivity contribution < 1.29 is 0 Å². The zero-order chi connectivity index (χ0) is 16.1. The molecular formula is C19H35N3. The summed E-state index contributed by atoms with van der Waals surface area (Å²) in [5, 5.41) is 11.8. The fourth-order valence-corrected chi connectivity index (χ4v) is 2.99. The van der Waals surface area contributed by atoms with Gasteiger partial charge >= 0.3 is 0 Å². The van der Waals surface area contributed by atoms with Crippen LogP contribution in [0.15, 0.2) is 18.3 Å². The van der Waals surface area contributed by atoms with Crippen LogP contribution in [0.3, 0.4) is 0 Å². The first-order valence-electron chi connectivity index (χ1n) is 9.26. The third kappa shape index (κ3) is 8.35. The summed E-state index contributed by atoms with van der Waals surface area (Å²) < 4.78 is 0. The lowest BCUT2D eigenvalue weighted by atomic mass is 9.88. The maximum atomic E-state index is 4.20. The van der Waals surface area contributed by atoms with Crippen LogP contribution < -0.4 is 5.32 Å². The van der Waals surface area contributed by atoms with Gasteiger partial charge in [-0.3, -0.25) is 0 Å². The van der Waals surface area contributed by atoms with Crippen molar-refractivity contribution in [3.63, 3.8) is 0 Å². The van der Waals surface area contributed by atoms with Crippen molar-refractivity contribution in [2.24, 2.45) is 0 Å². The van der Waals surface area contributed by atoms with Gasteiger partial charge in [-0.15, -0.1) is 5.10 Å². The van der Waals surface area contributed by atoms with Gasteiger partial charge < -0.3 is 5.32 Å². The summed E-state index contributed by atoms with van der Waals surface area (Å²) in [7, 11) is 0. The normalized spacial score (nSPS) is 13.8. The Hall–Kier alpha value is -1.12. The third-order valence-corrected chi connectivity index (χ3v) is 4.42. The SMILES string of the molecule is CCCCCCCC(C)(CCCCCC)Nc1cccnn1. The molecule has 126 valence electrons. The average molecular weight is 306 g/mol. The van der Waals surface area contributed by atoms with Gasteiger partial charge in [0.2, 0.25) is 0 Å². The molecule has 3 nitrogen and oxygen atoms in total. The quantitative estimate of drug-likeness (QED) is 0.456. The number of unbranched alkanes of at least 4 members (excludes halogenated alkanes) is 7. The predicted octanol–water partition coefficient (Wildman–Crippen LogP) is 5.98. The molecule has 1 aromatic heterocycles. The minimum absolute atomic E-state index is 0.149. The summed E-state index contributed by atoms with van der Waals surface area (Å²) in [6, 6.07) is 3.97. The van der Waals surface area contributed by atoms with Crippen LogP contribution in [0.25, 0.3) is 0 Å². The Kier molecular flexibility index (Phi) is 9.85. The molecule has 1 N–H and O–H groups in total. The van der Waals surface area contributed by atoms with Crippen molar-refractivity contribution in [3.05, 3.63) is 18.3 Å². The van der Waals surface area contributed by atoms with Crippen molar-refractivity contribution in [1.29, 1.82) is 0 Å². The monoisotopic (exact) mass is 305 g/mol. The van der Waals surface area contributed by atoms with Gasteiger partial charge in [0.25, 0.3) is 0 Å². The molecule has 1 atom stereocenters.